The highest BCUT2D eigenvalue weighted by Gasteiger charge is 2.17. The van der Waals surface area contributed by atoms with Gasteiger partial charge in [0, 0.05) is 0 Å². The molecule has 0 atom stereocenters. The second-order valence-corrected chi connectivity index (χ2v) is 5.28. The zero-order valence-corrected chi connectivity index (χ0v) is 12.0. The highest BCUT2D eigenvalue weighted by atomic mass is 16.6. The largest absolute Gasteiger partial charge is 0.466 e. The third-order valence-corrected chi connectivity index (χ3v) is 1.80. The summed E-state index contributed by atoms with van der Waals surface area (Å²) in [4.78, 5) is 22.9. The van der Waals surface area contributed by atoms with Gasteiger partial charge in [-0.1, -0.05) is 19.9 Å². The van der Waals surface area contributed by atoms with Gasteiger partial charge in [-0.05, 0) is 26.7 Å². The van der Waals surface area contributed by atoms with E-state index in [2.05, 4.69) is 10.1 Å². The Hall–Kier alpha value is -1.52. The topological polar surface area (TPSA) is 64.6 Å². The SMILES string of the molecule is COC(=O)/C(=C/C(C)C)CNC(=O)OC(C)(C)C. The lowest BCUT2D eigenvalue weighted by Crippen LogP contribution is -2.34. The molecule has 0 aliphatic heterocycles. The Kier molecular flexibility index (Phi) is 6.44. The smallest absolute Gasteiger partial charge is 0.407 e. The lowest BCUT2D eigenvalue weighted by Gasteiger charge is -2.20. The molecule has 1 N–H and O–H groups in total. The molecule has 18 heavy (non-hydrogen) atoms. The number of nitrogens with one attached hydrogen (secondary N) is 1. The Balaban J connectivity index is 4.46. The minimum absolute atomic E-state index is 0.0970. The third-order valence-electron chi connectivity index (χ3n) is 1.80. The number of esters is 1. The third kappa shape index (κ3) is 7.70. The van der Waals surface area contributed by atoms with Crippen molar-refractivity contribution in [1.82, 2.24) is 5.32 Å². The van der Waals surface area contributed by atoms with Crippen LogP contribution in [0.15, 0.2) is 11.6 Å². The molecule has 0 unspecified atom stereocenters. The number of alkyl carbamates (subject to hydrolysis) is 1. The van der Waals surface area contributed by atoms with Crippen LogP contribution in [0, 0.1) is 5.92 Å². The van der Waals surface area contributed by atoms with Gasteiger partial charge in [-0.3, -0.25) is 0 Å². The number of hydrogen-bond donors (Lipinski definition) is 1. The van der Waals surface area contributed by atoms with Crippen molar-refractivity contribution in [3.8, 4) is 0 Å². The molecule has 0 aromatic rings. The fourth-order valence-corrected chi connectivity index (χ4v) is 1.21. The van der Waals surface area contributed by atoms with E-state index in [4.69, 9.17) is 4.74 Å². The molecular weight excluding hydrogens is 234 g/mol. The van der Waals surface area contributed by atoms with Crippen LogP contribution >= 0.6 is 0 Å². The summed E-state index contributed by atoms with van der Waals surface area (Å²) in [6.45, 7) is 9.31. The van der Waals surface area contributed by atoms with Gasteiger partial charge in [-0.2, -0.15) is 0 Å². The lowest BCUT2D eigenvalue weighted by molar-refractivity contribution is -0.136. The Bertz CT molecular complexity index is 326. The average molecular weight is 257 g/mol. The van der Waals surface area contributed by atoms with Crippen molar-refractivity contribution < 1.29 is 19.1 Å². The molecule has 5 nitrogen and oxygen atoms in total. The molecule has 0 aliphatic rings. The summed E-state index contributed by atoms with van der Waals surface area (Å²) >= 11 is 0. The number of amides is 1. The minimum Gasteiger partial charge on any atom is -0.466 e. The van der Waals surface area contributed by atoms with Crippen molar-refractivity contribution >= 4 is 12.1 Å². The molecule has 0 aromatic carbocycles. The van der Waals surface area contributed by atoms with Crippen LogP contribution in [-0.2, 0) is 14.3 Å². The zero-order valence-electron chi connectivity index (χ0n) is 12.0. The molecule has 0 bridgehead atoms. The predicted octanol–water partition coefficient (Wildman–Crippen LogP) is 2.27. The minimum atomic E-state index is -0.558. The second-order valence-electron chi connectivity index (χ2n) is 5.28. The molecule has 0 fully saturated rings. The van der Waals surface area contributed by atoms with Gasteiger partial charge in [0.1, 0.15) is 5.60 Å². The van der Waals surface area contributed by atoms with E-state index >= 15 is 0 Å². The van der Waals surface area contributed by atoms with E-state index in [1.165, 1.54) is 7.11 Å². The maximum absolute atomic E-state index is 11.5. The summed E-state index contributed by atoms with van der Waals surface area (Å²) in [5.74, 6) is -0.251. The van der Waals surface area contributed by atoms with Gasteiger partial charge in [0.15, 0.2) is 0 Å². The van der Waals surface area contributed by atoms with Crippen LogP contribution < -0.4 is 5.32 Å². The second kappa shape index (κ2) is 7.03. The normalized spacial score (nSPS) is 12.3. The van der Waals surface area contributed by atoms with Gasteiger partial charge < -0.3 is 14.8 Å². The van der Waals surface area contributed by atoms with Gasteiger partial charge >= 0.3 is 12.1 Å². The Morgan fingerprint density at radius 2 is 1.83 bits per heavy atom. The van der Waals surface area contributed by atoms with Crippen LogP contribution in [-0.4, -0.2) is 31.3 Å². The number of carbonyl (C=O) groups excluding carboxylic acids is 2. The van der Waals surface area contributed by atoms with Crippen molar-refractivity contribution in [3.05, 3.63) is 11.6 Å². The van der Waals surface area contributed by atoms with Crippen LogP contribution in [0.3, 0.4) is 0 Å². The van der Waals surface area contributed by atoms with Crippen LogP contribution in [0.1, 0.15) is 34.6 Å². The van der Waals surface area contributed by atoms with Gasteiger partial charge in [0.2, 0.25) is 0 Å². The summed E-state index contributed by atoms with van der Waals surface area (Å²) in [7, 11) is 1.31. The summed E-state index contributed by atoms with van der Waals surface area (Å²) in [6.07, 6.45) is 1.20. The molecule has 0 radical (unpaired) electrons. The Labute approximate surface area is 109 Å². The molecule has 0 heterocycles. The van der Waals surface area contributed by atoms with Gasteiger partial charge in [0.05, 0.1) is 19.2 Å². The number of hydrogen-bond acceptors (Lipinski definition) is 4. The molecule has 0 saturated heterocycles. The highest BCUT2D eigenvalue weighted by Crippen LogP contribution is 2.07. The first kappa shape index (κ1) is 16.5. The molecule has 0 aromatic heterocycles. The molecular formula is C13H23NO4. The van der Waals surface area contributed by atoms with Gasteiger partial charge in [-0.15, -0.1) is 0 Å². The predicted molar refractivity (Wildman–Crippen MR) is 69.2 cm³/mol. The van der Waals surface area contributed by atoms with Crippen molar-refractivity contribution in [2.45, 2.75) is 40.2 Å². The molecule has 5 heteroatoms. The molecule has 0 aliphatic carbocycles. The van der Waals surface area contributed by atoms with Crippen molar-refractivity contribution in [2.75, 3.05) is 13.7 Å². The number of rotatable bonds is 4. The lowest BCUT2D eigenvalue weighted by atomic mass is 10.1. The van der Waals surface area contributed by atoms with Crippen LogP contribution in [0.5, 0.6) is 0 Å². The van der Waals surface area contributed by atoms with Crippen molar-refractivity contribution in [2.24, 2.45) is 5.92 Å². The zero-order chi connectivity index (χ0) is 14.3. The maximum atomic E-state index is 11.5. The van der Waals surface area contributed by atoms with E-state index < -0.39 is 17.7 Å². The van der Waals surface area contributed by atoms with E-state index in [1.807, 2.05) is 13.8 Å². The number of ether oxygens (including phenoxy) is 2. The first-order chi connectivity index (χ1) is 8.15. The monoisotopic (exact) mass is 257 g/mol. The van der Waals surface area contributed by atoms with Gasteiger partial charge in [0.25, 0.3) is 0 Å². The number of carbonyl (C=O) groups is 2. The summed E-state index contributed by atoms with van der Waals surface area (Å²) in [5.41, 5.74) is -0.143. The molecule has 0 saturated carbocycles. The van der Waals surface area contributed by atoms with E-state index in [1.54, 1.807) is 26.8 Å². The molecule has 1 amide bonds. The first-order valence-electron chi connectivity index (χ1n) is 5.91. The fourth-order valence-electron chi connectivity index (χ4n) is 1.21. The van der Waals surface area contributed by atoms with Crippen molar-refractivity contribution in [1.29, 1.82) is 0 Å². The highest BCUT2D eigenvalue weighted by molar-refractivity contribution is 5.89. The Morgan fingerprint density at radius 3 is 2.22 bits per heavy atom. The number of allylic oxidation sites excluding steroid dienone is 1. The van der Waals surface area contributed by atoms with Gasteiger partial charge in [-0.25, -0.2) is 9.59 Å². The summed E-state index contributed by atoms with van der Waals surface area (Å²) < 4.78 is 9.72. The molecule has 0 rings (SSSR count). The first-order valence-corrected chi connectivity index (χ1v) is 5.91. The number of methoxy groups -OCH3 is 1. The van der Waals surface area contributed by atoms with E-state index in [-0.39, 0.29) is 12.5 Å². The van der Waals surface area contributed by atoms with E-state index in [9.17, 15) is 9.59 Å². The van der Waals surface area contributed by atoms with Crippen molar-refractivity contribution in [3.63, 3.8) is 0 Å². The van der Waals surface area contributed by atoms with Crippen LogP contribution in [0.2, 0.25) is 0 Å². The molecule has 104 valence electrons. The molecule has 0 spiro atoms. The van der Waals surface area contributed by atoms with E-state index in [0.717, 1.165) is 0 Å². The van der Waals surface area contributed by atoms with E-state index in [0.29, 0.717) is 5.57 Å². The fraction of sp³-hybridized carbons (Fsp3) is 0.692. The van der Waals surface area contributed by atoms with Crippen LogP contribution in [0.4, 0.5) is 4.79 Å². The summed E-state index contributed by atoms with van der Waals surface area (Å²) in [6, 6.07) is 0. The Morgan fingerprint density at radius 1 is 1.28 bits per heavy atom. The summed E-state index contributed by atoms with van der Waals surface area (Å²) in [5, 5.41) is 2.53. The quantitative estimate of drug-likeness (QED) is 0.620. The standard InChI is InChI=1S/C13H23NO4/c1-9(2)7-10(11(15)17-6)8-14-12(16)18-13(3,4)5/h7,9H,8H2,1-6H3,(H,14,16)/b10-7+. The maximum Gasteiger partial charge on any atom is 0.407 e. The van der Waals surface area contributed by atoms with Crippen LogP contribution in [0.25, 0.3) is 0 Å². The average Bonchev–Trinajstić information content (AvgIpc) is 2.20.